The minimum atomic E-state index is -4.36. The van der Waals surface area contributed by atoms with E-state index < -0.39 is 17.7 Å². The minimum Gasteiger partial charge on any atom is -0.392 e. The van der Waals surface area contributed by atoms with Gasteiger partial charge in [-0.15, -0.1) is 0 Å². The summed E-state index contributed by atoms with van der Waals surface area (Å²) < 4.78 is 37.1. The van der Waals surface area contributed by atoms with Crippen molar-refractivity contribution in [3.05, 3.63) is 29.8 Å². The van der Waals surface area contributed by atoms with Crippen LogP contribution in [0.1, 0.15) is 12.5 Å². The molecule has 1 aliphatic rings. The molecule has 2 atom stereocenters. The number of hydrogen-bond donors (Lipinski definition) is 1. The molecule has 2 rings (SSSR count). The molecule has 0 aliphatic carbocycles. The summed E-state index contributed by atoms with van der Waals surface area (Å²) in [6, 6.07) is 4.52. The smallest absolute Gasteiger partial charge is 0.392 e. The van der Waals surface area contributed by atoms with Crippen molar-refractivity contribution in [2.75, 3.05) is 11.9 Å². The Hall–Kier alpha value is -2.05. The molecule has 1 heterocycles. The number of Topliss-reactive ketones (excluding diaryl/α,β-unsaturated/α-hetero) is 1. The first-order valence-corrected chi connectivity index (χ1v) is 6.01. The number of carbonyl (C=O) groups is 1. The summed E-state index contributed by atoms with van der Waals surface area (Å²) >= 11 is 0. The molecular weight excluding hydrogens is 273 g/mol. The van der Waals surface area contributed by atoms with E-state index in [0.29, 0.717) is 5.69 Å². The lowest BCUT2D eigenvalue weighted by Gasteiger charge is -2.12. The van der Waals surface area contributed by atoms with Crippen molar-refractivity contribution in [2.24, 2.45) is 11.1 Å². The molecule has 0 radical (unpaired) electrons. The Kier molecular flexibility index (Phi) is 3.96. The first kappa shape index (κ1) is 14.4. The van der Waals surface area contributed by atoms with Crippen molar-refractivity contribution < 1.29 is 22.8 Å². The van der Waals surface area contributed by atoms with Crippen LogP contribution in [0.3, 0.4) is 0 Å². The number of nitrogens with zero attached hydrogens (tertiary/aromatic N) is 1. The van der Waals surface area contributed by atoms with Crippen LogP contribution in [-0.4, -0.2) is 24.6 Å². The van der Waals surface area contributed by atoms with Crippen molar-refractivity contribution in [1.82, 2.24) is 0 Å². The highest BCUT2D eigenvalue weighted by molar-refractivity contribution is 5.98. The van der Waals surface area contributed by atoms with Crippen LogP contribution in [0.5, 0.6) is 0 Å². The number of oxime groups is 1. The highest BCUT2D eigenvalue weighted by atomic mass is 19.4. The van der Waals surface area contributed by atoms with Crippen molar-refractivity contribution in [3.63, 3.8) is 0 Å². The lowest BCUT2D eigenvalue weighted by Crippen LogP contribution is -2.29. The molecule has 4 nitrogen and oxygen atoms in total. The van der Waals surface area contributed by atoms with Crippen LogP contribution in [0.2, 0.25) is 0 Å². The summed E-state index contributed by atoms with van der Waals surface area (Å²) in [5.41, 5.74) is -0.269. The van der Waals surface area contributed by atoms with E-state index in [1.807, 2.05) is 0 Å². The predicted molar refractivity (Wildman–Crippen MR) is 67.5 cm³/mol. The largest absolute Gasteiger partial charge is 0.416 e. The molecule has 0 spiro atoms. The van der Waals surface area contributed by atoms with E-state index in [9.17, 15) is 18.0 Å². The Balaban J connectivity index is 1.91. The third-order valence-electron chi connectivity index (χ3n) is 3.01. The van der Waals surface area contributed by atoms with E-state index in [4.69, 9.17) is 4.84 Å². The summed E-state index contributed by atoms with van der Waals surface area (Å²) in [5.74, 6) is -0.546. The summed E-state index contributed by atoms with van der Waals surface area (Å²) in [6.07, 6.45) is -3.24. The van der Waals surface area contributed by atoms with Gasteiger partial charge in [-0.1, -0.05) is 5.16 Å². The number of benzene rings is 1. The maximum Gasteiger partial charge on any atom is 0.416 e. The van der Waals surface area contributed by atoms with Crippen molar-refractivity contribution in [1.29, 1.82) is 0 Å². The van der Waals surface area contributed by atoms with Gasteiger partial charge in [-0.2, -0.15) is 13.2 Å². The Bertz CT molecular complexity index is 511. The highest BCUT2D eigenvalue weighted by Crippen LogP contribution is 2.29. The molecule has 1 N–H and O–H groups in total. The van der Waals surface area contributed by atoms with Crippen LogP contribution in [0.4, 0.5) is 18.9 Å². The lowest BCUT2D eigenvalue weighted by atomic mass is 10.0. The Morgan fingerprint density at radius 2 is 2.00 bits per heavy atom. The van der Waals surface area contributed by atoms with Gasteiger partial charge in [0.05, 0.1) is 24.2 Å². The summed E-state index contributed by atoms with van der Waals surface area (Å²) in [6.45, 7) is 1.74. The van der Waals surface area contributed by atoms with E-state index in [0.717, 1.165) is 12.1 Å². The quantitative estimate of drug-likeness (QED) is 0.926. The second kappa shape index (κ2) is 5.52. The maximum absolute atomic E-state index is 12.4. The van der Waals surface area contributed by atoms with Crippen LogP contribution in [0, 0.1) is 5.92 Å². The van der Waals surface area contributed by atoms with Crippen LogP contribution in [-0.2, 0) is 15.8 Å². The number of carbonyl (C=O) groups excluding carboxylic acids is 1. The zero-order valence-corrected chi connectivity index (χ0v) is 10.6. The predicted octanol–water partition coefficient (Wildman–Crippen LogP) is 2.71. The van der Waals surface area contributed by atoms with Gasteiger partial charge in [0.25, 0.3) is 0 Å². The zero-order valence-electron chi connectivity index (χ0n) is 10.6. The molecule has 108 valence electrons. The lowest BCUT2D eigenvalue weighted by molar-refractivity contribution is -0.137. The Morgan fingerprint density at radius 1 is 1.35 bits per heavy atom. The van der Waals surface area contributed by atoms with Crippen LogP contribution in [0.25, 0.3) is 0 Å². The molecule has 0 bridgehead atoms. The van der Waals surface area contributed by atoms with Gasteiger partial charge in [0, 0.05) is 5.69 Å². The molecule has 2 unspecified atom stereocenters. The molecule has 7 heteroatoms. The standard InChI is InChI=1S/C13H13F3N2O2/c1-8-11(6-18-20-8)12(19)7-17-10-4-2-9(3-5-10)13(14,15)16/h2-6,8,11,17H,7H2,1H3. The summed E-state index contributed by atoms with van der Waals surface area (Å²) in [7, 11) is 0. The second-order valence-corrected chi connectivity index (χ2v) is 4.49. The first-order chi connectivity index (χ1) is 9.38. The van der Waals surface area contributed by atoms with Crippen LogP contribution < -0.4 is 5.32 Å². The third kappa shape index (κ3) is 3.28. The van der Waals surface area contributed by atoms with E-state index in [-0.39, 0.29) is 18.4 Å². The minimum absolute atomic E-state index is 0.00967. The van der Waals surface area contributed by atoms with E-state index >= 15 is 0 Å². The summed E-state index contributed by atoms with van der Waals surface area (Å²) in [5, 5.41) is 6.35. The summed E-state index contributed by atoms with van der Waals surface area (Å²) in [4.78, 5) is 16.7. The molecule has 0 saturated heterocycles. The van der Waals surface area contributed by atoms with Crippen LogP contribution in [0.15, 0.2) is 29.4 Å². The van der Waals surface area contributed by atoms with Gasteiger partial charge < -0.3 is 10.2 Å². The van der Waals surface area contributed by atoms with Gasteiger partial charge >= 0.3 is 6.18 Å². The maximum atomic E-state index is 12.4. The SMILES string of the molecule is CC1ON=CC1C(=O)CNc1ccc(C(F)(F)F)cc1. The van der Waals surface area contributed by atoms with E-state index in [2.05, 4.69) is 10.5 Å². The fourth-order valence-corrected chi connectivity index (χ4v) is 1.81. The average Bonchev–Trinajstić information content (AvgIpc) is 2.82. The van der Waals surface area contributed by atoms with Crippen molar-refractivity contribution >= 4 is 17.7 Å². The fraction of sp³-hybridized carbons (Fsp3) is 0.385. The van der Waals surface area contributed by atoms with Gasteiger partial charge in [-0.3, -0.25) is 4.79 Å². The molecule has 20 heavy (non-hydrogen) atoms. The number of nitrogens with one attached hydrogen (secondary N) is 1. The number of ketones is 1. The molecular formula is C13H13F3N2O2. The van der Waals surface area contributed by atoms with Gasteiger partial charge in [-0.05, 0) is 31.2 Å². The van der Waals surface area contributed by atoms with Gasteiger partial charge in [0.2, 0.25) is 0 Å². The molecule has 1 aliphatic heterocycles. The van der Waals surface area contributed by atoms with Gasteiger partial charge in [0.1, 0.15) is 6.10 Å². The van der Waals surface area contributed by atoms with Gasteiger partial charge in [-0.25, -0.2) is 0 Å². The van der Waals surface area contributed by atoms with Crippen molar-refractivity contribution in [2.45, 2.75) is 19.2 Å². The first-order valence-electron chi connectivity index (χ1n) is 6.01. The molecule has 0 saturated carbocycles. The molecule has 0 amide bonds. The van der Waals surface area contributed by atoms with Crippen molar-refractivity contribution in [3.8, 4) is 0 Å². The van der Waals surface area contributed by atoms with Gasteiger partial charge in [0.15, 0.2) is 5.78 Å². The Labute approximate surface area is 113 Å². The topological polar surface area (TPSA) is 50.7 Å². The number of hydrogen-bond acceptors (Lipinski definition) is 4. The zero-order chi connectivity index (χ0) is 14.8. The fourth-order valence-electron chi connectivity index (χ4n) is 1.81. The molecule has 1 aromatic carbocycles. The Morgan fingerprint density at radius 3 is 2.50 bits per heavy atom. The monoisotopic (exact) mass is 286 g/mol. The normalized spacial score (nSPS) is 21.6. The van der Waals surface area contributed by atoms with E-state index in [1.54, 1.807) is 6.92 Å². The molecule has 0 fully saturated rings. The number of anilines is 1. The number of halogens is 3. The second-order valence-electron chi connectivity index (χ2n) is 4.49. The number of rotatable bonds is 4. The molecule has 0 aromatic heterocycles. The average molecular weight is 286 g/mol. The van der Waals surface area contributed by atoms with E-state index in [1.165, 1.54) is 18.3 Å². The highest BCUT2D eigenvalue weighted by Gasteiger charge is 2.30. The van der Waals surface area contributed by atoms with Crippen LogP contribution >= 0.6 is 0 Å². The molecule has 1 aromatic rings. The third-order valence-corrected chi connectivity index (χ3v) is 3.01. The number of alkyl halides is 3.